The predicted molar refractivity (Wildman–Crippen MR) is 129 cm³/mol. The summed E-state index contributed by atoms with van der Waals surface area (Å²) in [7, 11) is 0. The van der Waals surface area contributed by atoms with Gasteiger partial charge in [-0.1, -0.05) is 64.1 Å². The number of thiocarbonyl (C=S) groups is 1. The lowest BCUT2D eigenvalue weighted by Crippen LogP contribution is -2.32. The van der Waals surface area contributed by atoms with Crippen LogP contribution in [-0.2, 0) is 4.79 Å². The van der Waals surface area contributed by atoms with Gasteiger partial charge in [0, 0.05) is 11.6 Å². The topological polar surface area (TPSA) is 54.3 Å². The normalized spacial score (nSPS) is 11.0. The van der Waals surface area contributed by atoms with Crippen molar-refractivity contribution < 1.29 is 9.21 Å². The van der Waals surface area contributed by atoms with Gasteiger partial charge in [0.1, 0.15) is 11.5 Å². The second-order valence-electron chi connectivity index (χ2n) is 5.83. The third-order valence-electron chi connectivity index (χ3n) is 3.74. The van der Waals surface area contributed by atoms with E-state index in [1.165, 1.54) is 24.3 Å². The van der Waals surface area contributed by atoms with Crippen LogP contribution in [0, 0.1) is 0 Å². The Morgan fingerprint density at radius 1 is 0.933 bits per heavy atom. The molecule has 1 heterocycles. The van der Waals surface area contributed by atoms with Crippen LogP contribution < -0.4 is 10.6 Å². The molecule has 0 saturated heterocycles. The molecule has 2 N–H and O–H groups in total. The quantitative estimate of drug-likeness (QED) is 0.210. The van der Waals surface area contributed by atoms with Crippen molar-refractivity contribution >= 4 is 93.0 Å². The number of nitrogens with one attached hydrogen (secondary N) is 2. The molecule has 0 radical (unpaired) electrons. The maximum absolute atomic E-state index is 12.1. The third-order valence-corrected chi connectivity index (χ3v) is 5.80. The summed E-state index contributed by atoms with van der Waals surface area (Å²) >= 11 is 35.3. The summed E-state index contributed by atoms with van der Waals surface area (Å²) in [6.07, 6.45) is 2.76. The van der Waals surface area contributed by atoms with Crippen LogP contribution in [-0.4, -0.2) is 11.0 Å². The van der Waals surface area contributed by atoms with Crippen molar-refractivity contribution in [3.05, 3.63) is 79.4 Å². The molecule has 0 spiro atoms. The van der Waals surface area contributed by atoms with E-state index < -0.39 is 5.91 Å². The van der Waals surface area contributed by atoms with Gasteiger partial charge in [0.25, 0.3) is 0 Å². The number of carbonyl (C=O) groups is 1. The van der Waals surface area contributed by atoms with Crippen molar-refractivity contribution in [1.82, 2.24) is 5.32 Å². The minimum absolute atomic E-state index is 0.0378. The number of anilines is 1. The molecule has 30 heavy (non-hydrogen) atoms. The van der Waals surface area contributed by atoms with Gasteiger partial charge >= 0.3 is 0 Å². The highest BCUT2D eigenvalue weighted by molar-refractivity contribution is 7.80. The van der Waals surface area contributed by atoms with Gasteiger partial charge in [-0.2, -0.15) is 0 Å². The second-order valence-corrected chi connectivity index (χ2v) is 8.24. The zero-order valence-electron chi connectivity index (χ0n) is 14.8. The predicted octanol–water partition coefficient (Wildman–Crippen LogP) is 7.74. The number of hydrogen-bond donors (Lipinski definition) is 2. The number of carbonyl (C=O) groups excluding carboxylic acids is 1. The number of furan rings is 1. The van der Waals surface area contributed by atoms with E-state index in [0.717, 1.165) is 0 Å². The zero-order valence-corrected chi connectivity index (χ0v) is 19.4. The molecule has 0 saturated carbocycles. The number of hydrogen-bond acceptors (Lipinski definition) is 3. The molecule has 10 heteroatoms. The first-order valence-electron chi connectivity index (χ1n) is 8.23. The van der Waals surface area contributed by atoms with Crippen LogP contribution in [0.25, 0.3) is 17.4 Å². The molecule has 4 nitrogen and oxygen atoms in total. The molecule has 0 aliphatic carbocycles. The Morgan fingerprint density at radius 2 is 1.67 bits per heavy atom. The van der Waals surface area contributed by atoms with E-state index >= 15 is 0 Å². The van der Waals surface area contributed by atoms with E-state index in [4.69, 9.17) is 74.6 Å². The summed E-state index contributed by atoms with van der Waals surface area (Å²) in [6.45, 7) is 0. The van der Waals surface area contributed by atoms with Crippen molar-refractivity contribution in [3.8, 4) is 11.3 Å². The molecule has 0 unspecified atom stereocenters. The smallest absolute Gasteiger partial charge is 0.250 e. The molecule has 154 valence electrons. The highest BCUT2D eigenvalue weighted by Crippen LogP contribution is 2.34. The molecule has 0 bridgehead atoms. The van der Waals surface area contributed by atoms with Gasteiger partial charge in [0.15, 0.2) is 5.11 Å². The maximum atomic E-state index is 12.1. The SMILES string of the molecule is O=C(C=Cc1ccc(-c2cccc(Cl)c2Cl)o1)NC(=S)Nc1cc(Cl)c(Cl)cc1Cl. The number of benzene rings is 2. The van der Waals surface area contributed by atoms with E-state index in [0.29, 0.717) is 47.9 Å². The van der Waals surface area contributed by atoms with Crippen molar-refractivity contribution in [1.29, 1.82) is 0 Å². The largest absolute Gasteiger partial charge is 0.457 e. The van der Waals surface area contributed by atoms with Gasteiger partial charge in [0.2, 0.25) is 5.91 Å². The summed E-state index contributed by atoms with van der Waals surface area (Å²) in [5, 5.41) is 7.04. The van der Waals surface area contributed by atoms with Gasteiger partial charge in [-0.25, -0.2) is 0 Å². The molecule has 0 atom stereocenters. The van der Waals surface area contributed by atoms with Crippen molar-refractivity contribution in [3.63, 3.8) is 0 Å². The van der Waals surface area contributed by atoms with Gasteiger partial charge in [-0.05, 0) is 54.7 Å². The van der Waals surface area contributed by atoms with Crippen molar-refractivity contribution in [2.75, 3.05) is 5.32 Å². The van der Waals surface area contributed by atoms with Crippen LogP contribution >= 0.6 is 70.2 Å². The molecule has 0 aliphatic rings. The molecule has 1 amide bonds. The Bertz CT molecular complexity index is 1160. The van der Waals surface area contributed by atoms with Crippen molar-refractivity contribution in [2.24, 2.45) is 0 Å². The Kier molecular flexibility index (Phi) is 7.69. The highest BCUT2D eigenvalue weighted by Gasteiger charge is 2.11. The molecule has 3 rings (SSSR count). The summed E-state index contributed by atoms with van der Waals surface area (Å²) in [5.41, 5.74) is 1.06. The van der Waals surface area contributed by atoms with Crippen LogP contribution in [0.2, 0.25) is 25.1 Å². The van der Waals surface area contributed by atoms with Crippen molar-refractivity contribution in [2.45, 2.75) is 0 Å². The van der Waals surface area contributed by atoms with Crippen LogP contribution in [0.3, 0.4) is 0 Å². The van der Waals surface area contributed by atoms with Crippen LogP contribution in [0.4, 0.5) is 5.69 Å². The van der Waals surface area contributed by atoms with Gasteiger partial charge in [-0.3, -0.25) is 10.1 Å². The number of amides is 1. The zero-order chi connectivity index (χ0) is 21.8. The average molecular weight is 521 g/mol. The fourth-order valence-electron chi connectivity index (χ4n) is 2.36. The molecule has 3 aromatic rings. The lowest BCUT2D eigenvalue weighted by Gasteiger charge is -2.10. The molecule has 0 fully saturated rings. The lowest BCUT2D eigenvalue weighted by molar-refractivity contribution is -0.115. The van der Waals surface area contributed by atoms with Gasteiger partial charge in [-0.15, -0.1) is 0 Å². The Morgan fingerprint density at radius 3 is 2.43 bits per heavy atom. The summed E-state index contributed by atoms with van der Waals surface area (Å²) in [5.74, 6) is 0.499. The number of rotatable bonds is 4. The summed E-state index contributed by atoms with van der Waals surface area (Å²) in [4.78, 5) is 12.1. The lowest BCUT2D eigenvalue weighted by atomic mass is 10.2. The molecular formula is C20H11Cl5N2O2S. The molecule has 2 aromatic carbocycles. The first kappa shape index (κ1) is 22.9. The standard InChI is InChI=1S/C20H11Cl5N2O2S/c21-12-3-1-2-11(19(12)25)17-6-4-10(29-17)5-7-18(28)27-20(30)26-16-9-14(23)13(22)8-15(16)24/h1-9H,(H2,26,27,28,30). The summed E-state index contributed by atoms with van der Waals surface area (Å²) in [6, 6.07) is 11.6. The highest BCUT2D eigenvalue weighted by atomic mass is 35.5. The first-order chi connectivity index (χ1) is 14.2. The molecule has 1 aromatic heterocycles. The first-order valence-corrected chi connectivity index (χ1v) is 10.5. The summed E-state index contributed by atoms with van der Waals surface area (Å²) < 4.78 is 5.69. The minimum atomic E-state index is -0.470. The maximum Gasteiger partial charge on any atom is 0.250 e. The monoisotopic (exact) mass is 518 g/mol. The van der Waals surface area contributed by atoms with E-state index in [-0.39, 0.29) is 5.11 Å². The van der Waals surface area contributed by atoms with Crippen LogP contribution in [0.1, 0.15) is 5.76 Å². The van der Waals surface area contributed by atoms with E-state index in [9.17, 15) is 4.79 Å². The fraction of sp³-hybridized carbons (Fsp3) is 0. The molecule has 0 aliphatic heterocycles. The van der Waals surface area contributed by atoms with E-state index in [2.05, 4.69) is 10.6 Å². The Hall–Kier alpha value is -1.73. The van der Waals surface area contributed by atoms with E-state index in [1.807, 2.05) is 0 Å². The van der Waals surface area contributed by atoms with Gasteiger partial charge in [0.05, 0.1) is 30.8 Å². The Balaban J connectivity index is 1.63. The van der Waals surface area contributed by atoms with Gasteiger partial charge < -0.3 is 9.73 Å². The number of halogens is 5. The average Bonchev–Trinajstić information content (AvgIpc) is 3.15. The van der Waals surface area contributed by atoms with Crippen LogP contribution in [0.5, 0.6) is 0 Å². The fourth-order valence-corrected chi connectivity index (χ4v) is 3.56. The molecular weight excluding hydrogens is 510 g/mol. The third kappa shape index (κ3) is 5.70. The second kappa shape index (κ2) is 10.1. The Labute approximate surface area is 202 Å². The van der Waals surface area contributed by atoms with Crippen LogP contribution in [0.15, 0.2) is 53.0 Å². The van der Waals surface area contributed by atoms with E-state index in [1.54, 1.807) is 30.3 Å². The minimum Gasteiger partial charge on any atom is -0.457 e.